The predicted molar refractivity (Wildman–Crippen MR) is 119 cm³/mol. The second-order valence-electron chi connectivity index (χ2n) is 8.62. The molecule has 4 rings (SSSR count). The number of halogens is 1. The van der Waals surface area contributed by atoms with Crippen molar-refractivity contribution >= 4 is 23.5 Å². The molecule has 0 aliphatic carbocycles. The molecule has 7 nitrogen and oxygen atoms in total. The fourth-order valence-corrected chi connectivity index (χ4v) is 4.40. The minimum atomic E-state index is -1.21. The van der Waals surface area contributed by atoms with Gasteiger partial charge in [0.05, 0.1) is 5.69 Å². The van der Waals surface area contributed by atoms with Crippen LogP contribution in [0.25, 0.3) is 0 Å². The molecule has 2 aromatic rings. The molecule has 2 aliphatic heterocycles. The van der Waals surface area contributed by atoms with Crippen LogP contribution < -0.4 is 15.5 Å². The van der Waals surface area contributed by atoms with Gasteiger partial charge in [0.1, 0.15) is 17.9 Å². The molecule has 0 saturated carbocycles. The van der Waals surface area contributed by atoms with Crippen molar-refractivity contribution in [1.82, 2.24) is 15.5 Å². The maximum atomic E-state index is 14.3. The van der Waals surface area contributed by atoms with Crippen LogP contribution in [0.5, 0.6) is 0 Å². The van der Waals surface area contributed by atoms with Crippen molar-refractivity contribution in [3.8, 4) is 0 Å². The Morgan fingerprint density at radius 1 is 1.22 bits per heavy atom. The molecular weight excluding hydrogens is 411 g/mol. The Bertz CT molecular complexity index is 1040. The zero-order valence-electron chi connectivity index (χ0n) is 18.2. The van der Waals surface area contributed by atoms with Gasteiger partial charge in [0.15, 0.2) is 0 Å². The fourth-order valence-electron chi connectivity index (χ4n) is 4.40. The fraction of sp³-hybridized carbons (Fsp3) is 0.375. The van der Waals surface area contributed by atoms with Crippen molar-refractivity contribution in [2.75, 3.05) is 24.5 Å². The van der Waals surface area contributed by atoms with E-state index >= 15 is 0 Å². The molecular formula is C24H27FN4O3. The zero-order valence-corrected chi connectivity index (χ0v) is 18.2. The molecule has 0 bridgehead atoms. The van der Waals surface area contributed by atoms with Gasteiger partial charge in [0.25, 0.3) is 5.91 Å². The van der Waals surface area contributed by atoms with E-state index in [2.05, 4.69) is 10.6 Å². The molecule has 2 unspecified atom stereocenters. The minimum Gasteiger partial charge on any atom is -0.367 e. The molecule has 2 aliphatic rings. The number of hydrogen-bond donors (Lipinski definition) is 2. The summed E-state index contributed by atoms with van der Waals surface area (Å²) < 4.78 is 14.3. The Kier molecular flexibility index (Phi) is 5.86. The number of carbonyl (C=O) groups excluding carboxylic acids is 3. The zero-order chi connectivity index (χ0) is 22.9. The van der Waals surface area contributed by atoms with Crippen LogP contribution in [0.15, 0.2) is 48.5 Å². The summed E-state index contributed by atoms with van der Waals surface area (Å²) in [6.07, 6.45) is 1.55. The van der Waals surface area contributed by atoms with E-state index in [0.29, 0.717) is 24.3 Å². The third-order valence-corrected chi connectivity index (χ3v) is 6.16. The topological polar surface area (TPSA) is 81.8 Å². The molecule has 2 saturated heterocycles. The third kappa shape index (κ3) is 4.17. The Morgan fingerprint density at radius 3 is 2.72 bits per heavy atom. The summed E-state index contributed by atoms with van der Waals surface area (Å²) >= 11 is 0. The van der Waals surface area contributed by atoms with Gasteiger partial charge in [-0.25, -0.2) is 9.18 Å². The number of benzene rings is 2. The maximum Gasteiger partial charge on any atom is 0.325 e. The first-order chi connectivity index (χ1) is 15.3. The van der Waals surface area contributed by atoms with Gasteiger partial charge in [-0.3, -0.25) is 14.5 Å². The Hall–Kier alpha value is -3.42. The number of urea groups is 1. The van der Waals surface area contributed by atoms with Crippen molar-refractivity contribution in [3.05, 3.63) is 65.5 Å². The molecule has 2 heterocycles. The standard InChI is InChI=1S/C24H27FN4O3/c1-16-10-11-19(25)20(13-16)28-12-6-9-18(14-28)26-21(30)15-29-22(31)24(2,27-23(29)32)17-7-4-3-5-8-17/h3-5,7-8,10-11,13,18H,6,9,12,14-15H2,1-2H3,(H,26,30)(H,27,32). The van der Waals surface area contributed by atoms with E-state index in [0.717, 1.165) is 23.3 Å². The molecule has 4 amide bonds. The third-order valence-electron chi connectivity index (χ3n) is 6.16. The van der Waals surface area contributed by atoms with Crippen molar-refractivity contribution in [3.63, 3.8) is 0 Å². The average Bonchev–Trinajstić information content (AvgIpc) is 3.00. The number of nitrogens with zero attached hydrogens (tertiary/aromatic N) is 2. The van der Waals surface area contributed by atoms with Crippen LogP contribution in [-0.2, 0) is 15.1 Å². The smallest absolute Gasteiger partial charge is 0.325 e. The van der Waals surface area contributed by atoms with Crippen molar-refractivity contribution in [2.24, 2.45) is 0 Å². The molecule has 0 spiro atoms. The Labute approximate surface area is 186 Å². The highest BCUT2D eigenvalue weighted by Crippen LogP contribution is 2.28. The lowest BCUT2D eigenvalue weighted by molar-refractivity contribution is -0.135. The highest BCUT2D eigenvalue weighted by atomic mass is 19.1. The lowest BCUT2D eigenvalue weighted by Crippen LogP contribution is -2.51. The maximum absolute atomic E-state index is 14.3. The van der Waals surface area contributed by atoms with Crippen LogP contribution >= 0.6 is 0 Å². The number of aryl methyl sites for hydroxylation is 1. The number of nitrogens with one attached hydrogen (secondary N) is 2. The summed E-state index contributed by atoms with van der Waals surface area (Å²) in [5, 5.41) is 5.61. The molecule has 0 radical (unpaired) electrons. The molecule has 8 heteroatoms. The van der Waals surface area contributed by atoms with E-state index in [1.165, 1.54) is 6.07 Å². The monoisotopic (exact) mass is 438 g/mol. The van der Waals surface area contributed by atoms with Crippen LogP contribution in [0, 0.1) is 12.7 Å². The predicted octanol–water partition coefficient (Wildman–Crippen LogP) is 2.69. The summed E-state index contributed by atoms with van der Waals surface area (Å²) in [5.74, 6) is -1.17. The summed E-state index contributed by atoms with van der Waals surface area (Å²) in [4.78, 5) is 41.0. The second kappa shape index (κ2) is 8.61. The van der Waals surface area contributed by atoms with Crippen LogP contribution in [0.3, 0.4) is 0 Å². The van der Waals surface area contributed by atoms with Gasteiger partial charge in [-0.05, 0) is 49.9 Å². The normalized spacial score (nSPS) is 23.3. The quantitative estimate of drug-likeness (QED) is 0.704. The number of rotatable bonds is 5. The molecule has 2 aromatic carbocycles. The average molecular weight is 439 g/mol. The number of amides is 4. The van der Waals surface area contributed by atoms with Gasteiger partial charge in [-0.15, -0.1) is 0 Å². The molecule has 32 heavy (non-hydrogen) atoms. The lowest BCUT2D eigenvalue weighted by Gasteiger charge is -2.35. The highest BCUT2D eigenvalue weighted by Gasteiger charge is 2.49. The van der Waals surface area contributed by atoms with Gasteiger partial charge in [-0.1, -0.05) is 36.4 Å². The van der Waals surface area contributed by atoms with E-state index in [1.807, 2.05) is 17.9 Å². The van der Waals surface area contributed by atoms with Crippen molar-refractivity contribution in [2.45, 2.75) is 38.3 Å². The minimum absolute atomic E-state index is 0.197. The van der Waals surface area contributed by atoms with E-state index in [1.54, 1.807) is 43.3 Å². The van der Waals surface area contributed by atoms with Crippen LogP contribution in [0.1, 0.15) is 30.9 Å². The van der Waals surface area contributed by atoms with E-state index in [4.69, 9.17) is 0 Å². The number of imide groups is 1. The van der Waals surface area contributed by atoms with E-state index in [9.17, 15) is 18.8 Å². The summed E-state index contributed by atoms with van der Waals surface area (Å²) in [7, 11) is 0. The molecule has 2 N–H and O–H groups in total. The largest absolute Gasteiger partial charge is 0.367 e. The Morgan fingerprint density at radius 2 is 1.97 bits per heavy atom. The van der Waals surface area contributed by atoms with Gasteiger partial charge >= 0.3 is 6.03 Å². The number of carbonyl (C=O) groups is 3. The Balaban J connectivity index is 1.40. The van der Waals surface area contributed by atoms with Crippen molar-refractivity contribution < 1.29 is 18.8 Å². The molecule has 2 atom stereocenters. The first-order valence-corrected chi connectivity index (χ1v) is 10.8. The van der Waals surface area contributed by atoms with Gasteiger partial charge in [-0.2, -0.15) is 0 Å². The van der Waals surface area contributed by atoms with Crippen LogP contribution in [-0.4, -0.2) is 48.4 Å². The van der Waals surface area contributed by atoms with Gasteiger partial charge < -0.3 is 15.5 Å². The summed E-state index contributed by atoms with van der Waals surface area (Å²) in [5.41, 5.74) is 0.941. The van der Waals surface area contributed by atoms with Crippen LogP contribution in [0.4, 0.5) is 14.9 Å². The number of anilines is 1. The molecule has 0 aromatic heterocycles. The number of hydrogen-bond acceptors (Lipinski definition) is 4. The highest BCUT2D eigenvalue weighted by molar-refractivity contribution is 6.09. The molecule has 168 valence electrons. The number of piperidine rings is 1. The first kappa shape index (κ1) is 21.8. The van der Waals surface area contributed by atoms with Gasteiger partial charge in [0, 0.05) is 19.1 Å². The summed E-state index contributed by atoms with van der Waals surface area (Å²) in [6, 6.07) is 13.1. The molecule has 2 fully saturated rings. The lowest BCUT2D eigenvalue weighted by atomic mass is 9.92. The first-order valence-electron chi connectivity index (χ1n) is 10.8. The van der Waals surface area contributed by atoms with Gasteiger partial charge in [0.2, 0.25) is 5.91 Å². The summed E-state index contributed by atoms with van der Waals surface area (Å²) in [6.45, 7) is 4.36. The van der Waals surface area contributed by atoms with Crippen LogP contribution in [0.2, 0.25) is 0 Å². The van der Waals surface area contributed by atoms with E-state index in [-0.39, 0.29) is 18.4 Å². The van der Waals surface area contributed by atoms with E-state index < -0.39 is 23.4 Å². The SMILES string of the molecule is Cc1ccc(F)c(N2CCCC(NC(=O)CN3C(=O)NC(C)(c4ccccc4)C3=O)C2)c1. The second-order valence-corrected chi connectivity index (χ2v) is 8.62. The van der Waals surface area contributed by atoms with Crippen molar-refractivity contribution in [1.29, 1.82) is 0 Å².